The van der Waals surface area contributed by atoms with E-state index in [1.54, 1.807) is 42.5 Å². The molecule has 9 nitrogen and oxygen atoms in total. The van der Waals surface area contributed by atoms with E-state index in [0.717, 1.165) is 44.7 Å². The zero-order valence-corrected chi connectivity index (χ0v) is 17.6. The molecule has 0 radical (unpaired) electrons. The molecule has 1 amide bonds. The minimum atomic E-state index is -3.98. The molecule has 1 saturated carbocycles. The largest absolute Gasteiger partial charge is 0.379 e. The molecule has 2 fully saturated rings. The van der Waals surface area contributed by atoms with Crippen molar-refractivity contribution in [3.8, 4) is 5.75 Å². The first-order chi connectivity index (χ1) is 15.0. The van der Waals surface area contributed by atoms with Crippen molar-refractivity contribution in [2.24, 2.45) is 5.92 Å². The Hall–Kier alpha value is -3.11. The number of nitrogens with zero attached hydrogens (tertiary/aromatic N) is 2. The molecule has 1 saturated heterocycles. The number of amides is 1. The summed E-state index contributed by atoms with van der Waals surface area (Å²) in [6, 6.07) is 11.5. The fourth-order valence-electron chi connectivity index (χ4n) is 3.59. The SMILES string of the molecule is O=C(Nc1nc2ccc(OS(=O)(=O)c3ccc(N4CCNCC4)cc3)cc2[nH]1)C1CC1. The predicted octanol–water partition coefficient (Wildman–Crippen LogP) is 2.09. The van der Waals surface area contributed by atoms with Gasteiger partial charge in [-0.05, 0) is 49.2 Å². The van der Waals surface area contributed by atoms with Crippen LogP contribution in [-0.2, 0) is 14.9 Å². The third kappa shape index (κ3) is 4.35. The molecule has 10 heteroatoms. The van der Waals surface area contributed by atoms with Crippen LogP contribution in [0.5, 0.6) is 5.75 Å². The van der Waals surface area contributed by atoms with Gasteiger partial charge in [-0.15, -0.1) is 0 Å². The molecule has 1 aromatic heterocycles. The molecule has 162 valence electrons. The third-order valence-corrected chi connectivity index (χ3v) is 6.72. The van der Waals surface area contributed by atoms with Gasteiger partial charge in [-0.3, -0.25) is 10.1 Å². The van der Waals surface area contributed by atoms with Gasteiger partial charge in [0.2, 0.25) is 11.9 Å². The van der Waals surface area contributed by atoms with Gasteiger partial charge in [0.05, 0.1) is 11.0 Å². The summed E-state index contributed by atoms with van der Waals surface area (Å²) in [5.74, 6) is 0.524. The Labute approximate surface area is 179 Å². The lowest BCUT2D eigenvalue weighted by atomic mass is 10.2. The number of rotatable bonds is 6. The molecule has 2 heterocycles. The van der Waals surface area contributed by atoms with Gasteiger partial charge in [0.25, 0.3) is 0 Å². The molecule has 0 bridgehead atoms. The average molecular weight is 442 g/mol. The molecule has 3 aromatic rings. The van der Waals surface area contributed by atoms with Crippen LogP contribution in [0.25, 0.3) is 11.0 Å². The number of imidazole rings is 1. The Morgan fingerprint density at radius 3 is 2.55 bits per heavy atom. The van der Waals surface area contributed by atoms with Gasteiger partial charge in [0, 0.05) is 43.9 Å². The second-order valence-electron chi connectivity index (χ2n) is 7.80. The summed E-state index contributed by atoms with van der Waals surface area (Å²) >= 11 is 0. The molecule has 2 aromatic carbocycles. The molecular weight excluding hydrogens is 418 g/mol. The van der Waals surface area contributed by atoms with Crippen molar-refractivity contribution in [1.29, 1.82) is 0 Å². The van der Waals surface area contributed by atoms with Crippen LogP contribution in [0.15, 0.2) is 47.4 Å². The second-order valence-corrected chi connectivity index (χ2v) is 9.34. The van der Waals surface area contributed by atoms with Crippen LogP contribution in [0.1, 0.15) is 12.8 Å². The van der Waals surface area contributed by atoms with Crippen LogP contribution < -0.4 is 19.7 Å². The van der Waals surface area contributed by atoms with Crippen molar-refractivity contribution in [2.75, 3.05) is 36.4 Å². The van der Waals surface area contributed by atoms with Crippen LogP contribution in [-0.4, -0.2) is 50.5 Å². The Balaban J connectivity index is 1.31. The Kier molecular flexibility index (Phi) is 5.03. The minimum Gasteiger partial charge on any atom is -0.379 e. The maximum absolute atomic E-state index is 12.7. The van der Waals surface area contributed by atoms with Crippen molar-refractivity contribution < 1.29 is 17.4 Å². The van der Waals surface area contributed by atoms with E-state index in [2.05, 4.69) is 25.5 Å². The van der Waals surface area contributed by atoms with E-state index in [0.29, 0.717) is 17.0 Å². The average Bonchev–Trinajstić information content (AvgIpc) is 3.55. The van der Waals surface area contributed by atoms with Gasteiger partial charge >= 0.3 is 10.1 Å². The molecule has 0 atom stereocenters. The summed E-state index contributed by atoms with van der Waals surface area (Å²) in [4.78, 5) is 21.5. The zero-order valence-electron chi connectivity index (χ0n) is 16.8. The van der Waals surface area contributed by atoms with E-state index < -0.39 is 10.1 Å². The number of hydrogen-bond donors (Lipinski definition) is 3. The normalized spacial score (nSPS) is 17.0. The summed E-state index contributed by atoms with van der Waals surface area (Å²) in [6.45, 7) is 3.59. The van der Waals surface area contributed by atoms with Crippen molar-refractivity contribution >= 4 is 38.7 Å². The third-order valence-electron chi connectivity index (χ3n) is 5.46. The van der Waals surface area contributed by atoms with Crippen LogP contribution in [0.3, 0.4) is 0 Å². The van der Waals surface area contributed by atoms with Gasteiger partial charge < -0.3 is 19.4 Å². The molecule has 0 spiro atoms. The minimum absolute atomic E-state index is 0.0534. The van der Waals surface area contributed by atoms with Gasteiger partial charge in [-0.1, -0.05) is 0 Å². The fraction of sp³-hybridized carbons (Fsp3) is 0.333. The summed E-state index contributed by atoms with van der Waals surface area (Å²) in [6.07, 6.45) is 1.80. The van der Waals surface area contributed by atoms with Gasteiger partial charge in [-0.25, -0.2) is 4.98 Å². The van der Waals surface area contributed by atoms with Crippen molar-refractivity contribution in [2.45, 2.75) is 17.7 Å². The predicted molar refractivity (Wildman–Crippen MR) is 117 cm³/mol. The molecule has 3 N–H and O–H groups in total. The second kappa shape index (κ2) is 7.86. The maximum Gasteiger partial charge on any atom is 0.339 e. The highest BCUT2D eigenvalue weighted by atomic mass is 32.2. The van der Waals surface area contributed by atoms with Gasteiger partial charge in [0.15, 0.2) is 0 Å². The molecule has 2 aliphatic rings. The number of hydrogen-bond acceptors (Lipinski definition) is 7. The fourth-order valence-corrected chi connectivity index (χ4v) is 4.51. The van der Waals surface area contributed by atoms with Crippen LogP contribution in [0.4, 0.5) is 11.6 Å². The number of benzene rings is 2. The maximum atomic E-state index is 12.7. The molecule has 1 aliphatic carbocycles. The lowest BCUT2D eigenvalue weighted by Crippen LogP contribution is -2.43. The van der Waals surface area contributed by atoms with E-state index in [9.17, 15) is 13.2 Å². The molecule has 31 heavy (non-hydrogen) atoms. The molecule has 5 rings (SSSR count). The number of aromatic nitrogens is 2. The first kappa shape index (κ1) is 19.8. The molecular formula is C21H23N5O4S. The number of aromatic amines is 1. The van der Waals surface area contributed by atoms with Crippen molar-refractivity contribution in [3.05, 3.63) is 42.5 Å². The smallest absolute Gasteiger partial charge is 0.339 e. The number of piperazine rings is 1. The number of anilines is 2. The standard InChI is InChI=1S/C21H23N5O4S/c27-20(14-1-2-14)25-21-23-18-8-5-16(13-19(18)24-21)30-31(28,29)17-6-3-15(4-7-17)26-11-9-22-10-12-26/h3-8,13-14,22H,1-2,9-12H2,(H2,23,24,25,27). The lowest BCUT2D eigenvalue weighted by molar-refractivity contribution is -0.117. The molecule has 0 unspecified atom stereocenters. The number of carbonyl (C=O) groups is 1. The van der Waals surface area contributed by atoms with E-state index in [4.69, 9.17) is 4.18 Å². The van der Waals surface area contributed by atoms with E-state index >= 15 is 0 Å². The highest BCUT2D eigenvalue weighted by Gasteiger charge is 2.30. The van der Waals surface area contributed by atoms with Crippen LogP contribution in [0, 0.1) is 5.92 Å². The Morgan fingerprint density at radius 2 is 1.84 bits per heavy atom. The van der Waals surface area contributed by atoms with Crippen molar-refractivity contribution in [3.63, 3.8) is 0 Å². The number of nitrogens with one attached hydrogen (secondary N) is 3. The van der Waals surface area contributed by atoms with Gasteiger partial charge in [-0.2, -0.15) is 8.42 Å². The van der Waals surface area contributed by atoms with Crippen molar-refractivity contribution in [1.82, 2.24) is 15.3 Å². The van der Waals surface area contributed by atoms with E-state index in [-0.39, 0.29) is 22.5 Å². The first-order valence-electron chi connectivity index (χ1n) is 10.3. The Bertz CT molecular complexity index is 1210. The quantitative estimate of drug-likeness (QED) is 0.502. The van der Waals surface area contributed by atoms with Crippen LogP contribution in [0.2, 0.25) is 0 Å². The topological polar surface area (TPSA) is 116 Å². The van der Waals surface area contributed by atoms with E-state index in [1.165, 1.54) is 0 Å². The molecule has 1 aliphatic heterocycles. The highest BCUT2D eigenvalue weighted by Crippen LogP contribution is 2.30. The number of H-pyrrole nitrogens is 1. The summed E-state index contributed by atoms with van der Waals surface area (Å²) in [7, 11) is -3.98. The number of carbonyl (C=O) groups excluding carboxylic acids is 1. The Morgan fingerprint density at radius 1 is 1.10 bits per heavy atom. The lowest BCUT2D eigenvalue weighted by Gasteiger charge is -2.29. The summed E-state index contributed by atoms with van der Waals surface area (Å²) < 4.78 is 30.8. The summed E-state index contributed by atoms with van der Waals surface area (Å²) in [5, 5.41) is 6.04. The first-order valence-corrected chi connectivity index (χ1v) is 11.7. The highest BCUT2D eigenvalue weighted by molar-refractivity contribution is 7.87. The van der Waals surface area contributed by atoms with Gasteiger partial charge in [0.1, 0.15) is 10.6 Å². The van der Waals surface area contributed by atoms with E-state index in [1.807, 2.05) is 0 Å². The van der Waals surface area contributed by atoms with Crippen LogP contribution >= 0.6 is 0 Å². The summed E-state index contributed by atoms with van der Waals surface area (Å²) in [5.41, 5.74) is 2.17. The number of fused-ring (bicyclic) bond motifs is 1. The zero-order chi connectivity index (χ0) is 21.4. The monoisotopic (exact) mass is 441 g/mol.